The Bertz CT molecular complexity index is 610. The quantitative estimate of drug-likeness (QED) is 0.775. The fourth-order valence-electron chi connectivity index (χ4n) is 2.15. The molecule has 0 bridgehead atoms. The van der Waals surface area contributed by atoms with Gasteiger partial charge >= 0.3 is 0 Å². The molecule has 2 nitrogen and oxygen atoms in total. The summed E-state index contributed by atoms with van der Waals surface area (Å²) in [6, 6.07) is 10.9. The summed E-state index contributed by atoms with van der Waals surface area (Å²) in [5, 5.41) is 3.38. The molecule has 0 saturated carbocycles. The predicted molar refractivity (Wildman–Crippen MR) is 84.4 cm³/mol. The number of aryl methyl sites for hydroxylation is 2. The first-order valence-corrected chi connectivity index (χ1v) is 7.34. The SMILES string of the molecule is CCCNCc1ccc(Oc2ccc(F)c(C)c2)c(C)c1. The van der Waals surface area contributed by atoms with Gasteiger partial charge in [-0.15, -0.1) is 0 Å². The minimum Gasteiger partial charge on any atom is -0.457 e. The number of rotatable bonds is 6. The molecule has 2 aromatic carbocycles. The number of hydrogen-bond acceptors (Lipinski definition) is 2. The van der Waals surface area contributed by atoms with E-state index >= 15 is 0 Å². The van der Waals surface area contributed by atoms with Crippen LogP contribution < -0.4 is 10.1 Å². The highest BCUT2D eigenvalue weighted by molar-refractivity contribution is 5.40. The molecule has 0 saturated heterocycles. The van der Waals surface area contributed by atoms with Crippen LogP contribution in [0.5, 0.6) is 11.5 Å². The average Bonchev–Trinajstić information content (AvgIpc) is 2.46. The number of hydrogen-bond donors (Lipinski definition) is 1. The molecule has 112 valence electrons. The van der Waals surface area contributed by atoms with Crippen molar-refractivity contribution < 1.29 is 9.13 Å². The van der Waals surface area contributed by atoms with Crippen molar-refractivity contribution in [2.75, 3.05) is 6.54 Å². The van der Waals surface area contributed by atoms with Gasteiger partial charge in [-0.05, 0) is 67.8 Å². The predicted octanol–water partition coefficient (Wildman–Crippen LogP) is 4.73. The normalized spacial score (nSPS) is 10.7. The third kappa shape index (κ3) is 4.30. The zero-order valence-electron chi connectivity index (χ0n) is 12.9. The molecule has 21 heavy (non-hydrogen) atoms. The van der Waals surface area contributed by atoms with Gasteiger partial charge in [-0.3, -0.25) is 0 Å². The van der Waals surface area contributed by atoms with Crippen molar-refractivity contribution in [3.63, 3.8) is 0 Å². The van der Waals surface area contributed by atoms with E-state index in [-0.39, 0.29) is 5.82 Å². The molecular formula is C18H22FNO. The molecule has 0 amide bonds. The van der Waals surface area contributed by atoms with E-state index in [4.69, 9.17) is 4.74 Å². The van der Waals surface area contributed by atoms with Crippen LogP contribution in [0, 0.1) is 19.7 Å². The average molecular weight is 287 g/mol. The minimum absolute atomic E-state index is 0.212. The van der Waals surface area contributed by atoms with Crippen LogP contribution in [0.4, 0.5) is 4.39 Å². The van der Waals surface area contributed by atoms with Gasteiger partial charge in [0, 0.05) is 6.54 Å². The topological polar surface area (TPSA) is 21.3 Å². The Balaban J connectivity index is 2.08. The second-order valence-electron chi connectivity index (χ2n) is 5.29. The maximum Gasteiger partial charge on any atom is 0.130 e. The van der Waals surface area contributed by atoms with Gasteiger partial charge < -0.3 is 10.1 Å². The van der Waals surface area contributed by atoms with E-state index in [2.05, 4.69) is 24.4 Å². The molecule has 2 aromatic rings. The summed E-state index contributed by atoms with van der Waals surface area (Å²) in [4.78, 5) is 0. The lowest BCUT2D eigenvalue weighted by Gasteiger charge is -2.11. The fraction of sp³-hybridized carbons (Fsp3) is 0.333. The number of nitrogens with one attached hydrogen (secondary N) is 1. The second kappa shape index (κ2) is 7.23. The van der Waals surface area contributed by atoms with Gasteiger partial charge in [0.2, 0.25) is 0 Å². The smallest absolute Gasteiger partial charge is 0.130 e. The van der Waals surface area contributed by atoms with Gasteiger partial charge in [0.25, 0.3) is 0 Å². The Hall–Kier alpha value is -1.87. The lowest BCUT2D eigenvalue weighted by molar-refractivity contribution is 0.475. The lowest BCUT2D eigenvalue weighted by atomic mass is 10.1. The molecule has 0 radical (unpaired) electrons. The van der Waals surface area contributed by atoms with Crippen LogP contribution in [0.15, 0.2) is 36.4 Å². The van der Waals surface area contributed by atoms with Crippen molar-refractivity contribution in [2.24, 2.45) is 0 Å². The first-order valence-electron chi connectivity index (χ1n) is 7.34. The van der Waals surface area contributed by atoms with E-state index in [0.29, 0.717) is 11.3 Å². The first kappa shape index (κ1) is 15.5. The van der Waals surface area contributed by atoms with Crippen molar-refractivity contribution in [1.29, 1.82) is 0 Å². The molecule has 0 unspecified atom stereocenters. The fourth-order valence-corrected chi connectivity index (χ4v) is 2.15. The minimum atomic E-state index is -0.212. The van der Waals surface area contributed by atoms with Gasteiger partial charge in [-0.25, -0.2) is 4.39 Å². The first-order chi connectivity index (χ1) is 10.1. The Kier molecular flexibility index (Phi) is 5.34. The Labute approximate surface area is 126 Å². The van der Waals surface area contributed by atoms with Gasteiger partial charge in [-0.1, -0.05) is 19.1 Å². The lowest BCUT2D eigenvalue weighted by Crippen LogP contribution is -2.13. The zero-order valence-corrected chi connectivity index (χ0v) is 12.9. The van der Waals surface area contributed by atoms with E-state index < -0.39 is 0 Å². The molecule has 0 aliphatic carbocycles. The highest BCUT2D eigenvalue weighted by Crippen LogP contribution is 2.27. The summed E-state index contributed by atoms with van der Waals surface area (Å²) in [6.07, 6.45) is 1.13. The summed E-state index contributed by atoms with van der Waals surface area (Å²) in [5.74, 6) is 1.26. The number of halogens is 1. The molecule has 2 rings (SSSR count). The van der Waals surface area contributed by atoms with Crippen LogP contribution in [0.2, 0.25) is 0 Å². The highest BCUT2D eigenvalue weighted by Gasteiger charge is 2.05. The van der Waals surface area contributed by atoms with Crippen molar-refractivity contribution in [2.45, 2.75) is 33.7 Å². The number of ether oxygens (including phenoxy) is 1. The maximum atomic E-state index is 13.3. The molecule has 0 aromatic heterocycles. The molecular weight excluding hydrogens is 265 g/mol. The van der Waals surface area contributed by atoms with Crippen LogP contribution in [-0.2, 0) is 6.54 Å². The number of benzene rings is 2. The largest absolute Gasteiger partial charge is 0.457 e. The summed E-state index contributed by atoms with van der Waals surface area (Å²) < 4.78 is 19.1. The Morgan fingerprint density at radius 3 is 2.52 bits per heavy atom. The Morgan fingerprint density at radius 1 is 1.05 bits per heavy atom. The van der Waals surface area contributed by atoms with Crippen molar-refractivity contribution in [3.05, 3.63) is 58.9 Å². The molecule has 3 heteroatoms. The summed E-state index contributed by atoms with van der Waals surface area (Å²) in [6.45, 7) is 7.79. The second-order valence-corrected chi connectivity index (χ2v) is 5.29. The standard InChI is InChI=1S/C18H22FNO/c1-4-9-20-12-15-5-8-18(14(3)10-15)21-16-6-7-17(19)13(2)11-16/h5-8,10-11,20H,4,9,12H2,1-3H3. The van der Waals surface area contributed by atoms with Gasteiger partial charge in [-0.2, -0.15) is 0 Å². The third-order valence-electron chi connectivity index (χ3n) is 3.35. The molecule has 0 atom stereocenters. The molecule has 0 aliphatic rings. The van der Waals surface area contributed by atoms with Crippen molar-refractivity contribution >= 4 is 0 Å². The van der Waals surface area contributed by atoms with Gasteiger partial charge in [0.1, 0.15) is 17.3 Å². The molecule has 1 N–H and O–H groups in total. The van der Waals surface area contributed by atoms with Gasteiger partial charge in [0.15, 0.2) is 0 Å². The monoisotopic (exact) mass is 287 g/mol. The summed E-state index contributed by atoms with van der Waals surface area (Å²) in [5.41, 5.74) is 2.90. The van der Waals surface area contributed by atoms with Gasteiger partial charge in [0.05, 0.1) is 0 Å². The van der Waals surface area contributed by atoms with Crippen LogP contribution >= 0.6 is 0 Å². The molecule has 0 heterocycles. The molecule has 0 fully saturated rings. The van der Waals surface area contributed by atoms with Crippen LogP contribution in [0.3, 0.4) is 0 Å². The van der Waals surface area contributed by atoms with Crippen LogP contribution in [-0.4, -0.2) is 6.54 Å². The highest BCUT2D eigenvalue weighted by atomic mass is 19.1. The third-order valence-corrected chi connectivity index (χ3v) is 3.35. The maximum absolute atomic E-state index is 13.3. The van der Waals surface area contributed by atoms with Crippen molar-refractivity contribution in [3.8, 4) is 11.5 Å². The Morgan fingerprint density at radius 2 is 1.86 bits per heavy atom. The van der Waals surface area contributed by atoms with Crippen molar-refractivity contribution in [1.82, 2.24) is 5.32 Å². The van der Waals surface area contributed by atoms with E-state index in [0.717, 1.165) is 30.8 Å². The van der Waals surface area contributed by atoms with E-state index in [1.807, 2.05) is 13.0 Å². The zero-order chi connectivity index (χ0) is 15.2. The molecule has 0 spiro atoms. The van der Waals surface area contributed by atoms with Crippen LogP contribution in [0.25, 0.3) is 0 Å². The van der Waals surface area contributed by atoms with E-state index in [9.17, 15) is 4.39 Å². The summed E-state index contributed by atoms with van der Waals surface area (Å²) in [7, 11) is 0. The van der Waals surface area contributed by atoms with Crippen LogP contribution in [0.1, 0.15) is 30.0 Å². The molecule has 0 aliphatic heterocycles. The summed E-state index contributed by atoms with van der Waals surface area (Å²) >= 11 is 0. The van der Waals surface area contributed by atoms with E-state index in [1.165, 1.54) is 11.6 Å². The van der Waals surface area contributed by atoms with E-state index in [1.54, 1.807) is 19.1 Å².